The fourth-order valence-electron chi connectivity index (χ4n) is 6.56. The molecular weight excluding hydrogens is 393 g/mol. The Balaban J connectivity index is 1.32. The molecule has 0 radical (unpaired) electrons. The molecule has 2 unspecified atom stereocenters. The minimum Gasteiger partial charge on any atom is -0.335 e. The lowest BCUT2D eigenvalue weighted by Gasteiger charge is -2.60. The molecule has 1 amide bonds. The number of hydrogen-bond acceptors (Lipinski definition) is 1. The fraction of sp³-hybridized carbons (Fsp3) is 0.682. The quantitative estimate of drug-likeness (QED) is 0.581. The predicted octanol–water partition coefficient (Wildman–Crippen LogP) is 5.44. The highest BCUT2D eigenvalue weighted by molar-refractivity contribution is 9.10. The van der Waals surface area contributed by atoms with Gasteiger partial charge in [0.2, 0.25) is 5.91 Å². The van der Waals surface area contributed by atoms with Crippen molar-refractivity contribution < 1.29 is 9.18 Å². The monoisotopic (exact) mass is 419 g/mol. The van der Waals surface area contributed by atoms with E-state index in [1.165, 1.54) is 50.7 Å². The molecule has 5 aliphatic rings. The van der Waals surface area contributed by atoms with Crippen LogP contribution in [0.5, 0.6) is 0 Å². The van der Waals surface area contributed by atoms with Crippen LogP contribution in [0, 0.1) is 23.1 Å². The molecule has 0 aliphatic heterocycles. The minimum absolute atomic E-state index is 0.214. The summed E-state index contributed by atoms with van der Waals surface area (Å²) in [5.41, 5.74) is 1.26. The van der Waals surface area contributed by atoms with Gasteiger partial charge >= 0.3 is 0 Å². The van der Waals surface area contributed by atoms with Crippen LogP contribution in [0.4, 0.5) is 4.39 Å². The summed E-state index contributed by atoms with van der Waals surface area (Å²) in [6.45, 7) is 0.631. The summed E-state index contributed by atoms with van der Waals surface area (Å²) >= 11 is 4.06. The highest BCUT2D eigenvalue weighted by Gasteiger charge is 2.57. The molecule has 26 heavy (non-hydrogen) atoms. The smallest absolute Gasteiger partial charge is 0.223 e. The van der Waals surface area contributed by atoms with Crippen molar-refractivity contribution in [3.63, 3.8) is 0 Å². The number of carbonyl (C=O) groups is 1. The first-order valence-corrected chi connectivity index (χ1v) is 10.9. The molecule has 4 atom stereocenters. The summed E-state index contributed by atoms with van der Waals surface area (Å²) in [5.74, 6) is 1.74. The Morgan fingerprint density at radius 2 is 1.77 bits per heavy atom. The number of amides is 1. The Hall–Kier alpha value is -0.900. The number of nitrogens with zero attached hydrogens (tertiary/aromatic N) is 1. The maximum Gasteiger partial charge on any atom is 0.223 e. The third-order valence-electron chi connectivity index (χ3n) is 7.21. The van der Waals surface area contributed by atoms with E-state index in [-0.39, 0.29) is 11.2 Å². The highest BCUT2D eigenvalue weighted by Crippen LogP contribution is 2.65. The second kappa shape index (κ2) is 6.05. The summed E-state index contributed by atoms with van der Waals surface area (Å²) < 4.78 is 13.5. The SMILES string of the molecule is O=C(CC12C[C@@H]3C[C@@H](CC(Br)(C3)C1)C2)N(Cc1ccc(F)cc1)C1CC1. The third-order valence-corrected chi connectivity index (χ3v) is 8.14. The molecule has 0 saturated heterocycles. The topological polar surface area (TPSA) is 20.3 Å². The Bertz CT molecular complexity index is 699. The van der Waals surface area contributed by atoms with Gasteiger partial charge in [-0.05, 0) is 86.3 Å². The standard InChI is InChI=1S/C22H27BrFNO/c23-22-10-16-7-17(11-22)9-21(8-16,14-22)12-20(26)25(19-5-6-19)13-15-1-3-18(24)4-2-15/h1-4,16-17,19H,5-14H2/t16-,17+,21?,22?. The van der Waals surface area contributed by atoms with Gasteiger partial charge in [0.15, 0.2) is 0 Å². The summed E-state index contributed by atoms with van der Waals surface area (Å²) in [6.07, 6.45) is 10.6. The van der Waals surface area contributed by atoms with Crippen molar-refractivity contribution in [3.8, 4) is 0 Å². The predicted molar refractivity (Wildman–Crippen MR) is 103 cm³/mol. The van der Waals surface area contributed by atoms with Gasteiger partial charge in [-0.1, -0.05) is 28.1 Å². The van der Waals surface area contributed by atoms with Crippen molar-refractivity contribution in [1.29, 1.82) is 0 Å². The third kappa shape index (κ3) is 3.23. The number of carbonyl (C=O) groups excluding carboxylic acids is 1. The van der Waals surface area contributed by atoms with Crippen LogP contribution in [0.25, 0.3) is 0 Å². The van der Waals surface area contributed by atoms with E-state index in [0.29, 0.717) is 29.2 Å². The van der Waals surface area contributed by atoms with E-state index in [4.69, 9.17) is 0 Å². The van der Waals surface area contributed by atoms with Gasteiger partial charge in [-0.2, -0.15) is 0 Å². The fourth-order valence-corrected chi connectivity index (χ4v) is 8.07. The van der Waals surface area contributed by atoms with Crippen LogP contribution in [-0.2, 0) is 11.3 Å². The van der Waals surface area contributed by atoms with Gasteiger partial charge < -0.3 is 4.90 Å². The molecule has 0 heterocycles. The number of halogens is 2. The first kappa shape index (κ1) is 17.2. The van der Waals surface area contributed by atoms with E-state index in [0.717, 1.165) is 30.2 Å². The zero-order valence-electron chi connectivity index (χ0n) is 15.2. The van der Waals surface area contributed by atoms with Crippen molar-refractivity contribution in [2.45, 2.75) is 74.7 Å². The van der Waals surface area contributed by atoms with E-state index in [9.17, 15) is 9.18 Å². The van der Waals surface area contributed by atoms with Crippen molar-refractivity contribution in [1.82, 2.24) is 4.90 Å². The average molecular weight is 420 g/mol. The number of alkyl halides is 1. The van der Waals surface area contributed by atoms with Gasteiger partial charge in [0.25, 0.3) is 0 Å². The molecule has 2 nitrogen and oxygen atoms in total. The van der Waals surface area contributed by atoms with Crippen LogP contribution in [0.15, 0.2) is 24.3 Å². The van der Waals surface area contributed by atoms with Gasteiger partial charge in [0.1, 0.15) is 5.82 Å². The van der Waals surface area contributed by atoms with Crippen molar-refractivity contribution in [3.05, 3.63) is 35.6 Å². The molecule has 1 aromatic rings. The molecule has 0 aromatic heterocycles. The molecule has 1 aromatic carbocycles. The zero-order chi connectivity index (χ0) is 17.9. The summed E-state index contributed by atoms with van der Waals surface area (Å²) in [6, 6.07) is 7.03. The van der Waals surface area contributed by atoms with E-state index < -0.39 is 0 Å². The minimum atomic E-state index is -0.214. The number of rotatable bonds is 5. The van der Waals surface area contributed by atoms with Gasteiger partial charge in [-0.25, -0.2) is 4.39 Å². The van der Waals surface area contributed by atoms with E-state index in [1.807, 2.05) is 12.1 Å². The Morgan fingerprint density at radius 3 is 2.35 bits per heavy atom. The van der Waals surface area contributed by atoms with Gasteiger partial charge in [0, 0.05) is 23.3 Å². The molecular formula is C22H27BrFNO. The maximum atomic E-state index is 13.3. The molecule has 4 heteroatoms. The van der Waals surface area contributed by atoms with Crippen LogP contribution in [0.3, 0.4) is 0 Å². The normalized spacial score (nSPS) is 37.8. The van der Waals surface area contributed by atoms with E-state index in [2.05, 4.69) is 20.8 Å². The van der Waals surface area contributed by atoms with Crippen molar-refractivity contribution >= 4 is 21.8 Å². The molecule has 140 valence electrons. The molecule has 0 N–H and O–H groups in total. The Morgan fingerprint density at radius 1 is 1.12 bits per heavy atom. The summed E-state index contributed by atoms with van der Waals surface area (Å²) in [5, 5.41) is 0. The van der Waals surface area contributed by atoms with Crippen LogP contribution in [0.2, 0.25) is 0 Å². The lowest BCUT2D eigenvalue weighted by molar-refractivity contribution is -0.139. The summed E-state index contributed by atoms with van der Waals surface area (Å²) in [7, 11) is 0. The van der Waals surface area contributed by atoms with E-state index >= 15 is 0 Å². The molecule has 5 saturated carbocycles. The number of hydrogen-bond donors (Lipinski definition) is 0. The Labute approximate surface area is 163 Å². The van der Waals surface area contributed by atoms with Crippen LogP contribution in [0.1, 0.15) is 63.4 Å². The van der Waals surface area contributed by atoms with Crippen molar-refractivity contribution in [2.24, 2.45) is 17.3 Å². The second-order valence-electron chi connectivity index (χ2n) is 9.67. The Kier molecular flexibility index (Phi) is 4.01. The first-order chi connectivity index (χ1) is 12.4. The van der Waals surface area contributed by atoms with E-state index in [1.54, 1.807) is 0 Å². The van der Waals surface area contributed by atoms with Gasteiger partial charge in [-0.15, -0.1) is 0 Å². The van der Waals surface area contributed by atoms with Gasteiger partial charge in [-0.3, -0.25) is 4.79 Å². The first-order valence-electron chi connectivity index (χ1n) is 10.1. The lowest BCUT2D eigenvalue weighted by Crippen LogP contribution is -2.54. The lowest BCUT2D eigenvalue weighted by atomic mass is 9.48. The van der Waals surface area contributed by atoms with Gasteiger partial charge in [0.05, 0.1) is 0 Å². The largest absolute Gasteiger partial charge is 0.335 e. The summed E-state index contributed by atoms with van der Waals surface area (Å²) in [4.78, 5) is 15.4. The maximum absolute atomic E-state index is 13.3. The molecule has 4 bridgehead atoms. The van der Waals surface area contributed by atoms with Crippen LogP contribution in [-0.4, -0.2) is 21.2 Å². The number of benzene rings is 1. The molecule has 0 spiro atoms. The van der Waals surface area contributed by atoms with Crippen molar-refractivity contribution in [2.75, 3.05) is 0 Å². The molecule has 6 rings (SSSR count). The zero-order valence-corrected chi connectivity index (χ0v) is 16.8. The van der Waals surface area contributed by atoms with Crippen LogP contribution < -0.4 is 0 Å². The average Bonchev–Trinajstić information content (AvgIpc) is 3.36. The molecule has 5 aliphatic carbocycles. The highest BCUT2D eigenvalue weighted by atomic mass is 79.9. The molecule has 5 fully saturated rings. The van der Waals surface area contributed by atoms with Crippen LogP contribution >= 0.6 is 15.9 Å². The second-order valence-corrected chi connectivity index (χ2v) is 11.4.